The zero-order valence-electron chi connectivity index (χ0n) is 20.2. The van der Waals surface area contributed by atoms with Gasteiger partial charge in [-0.3, -0.25) is 9.59 Å². The maximum absolute atomic E-state index is 13.0. The first-order valence-electron chi connectivity index (χ1n) is 12.8. The van der Waals surface area contributed by atoms with E-state index >= 15 is 0 Å². The predicted octanol–water partition coefficient (Wildman–Crippen LogP) is 6.30. The molecule has 5 heteroatoms. The van der Waals surface area contributed by atoms with Crippen LogP contribution < -0.4 is 10.6 Å². The highest BCUT2D eigenvalue weighted by Crippen LogP contribution is 2.38. The molecule has 0 aromatic heterocycles. The second-order valence-electron chi connectivity index (χ2n) is 9.71. The number of nitrogens with zero attached hydrogens (tertiary/aromatic N) is 1. The van der Waals surface area contributed by atoms with Crippen LogP contribution in [-0.2, 0) is 9.59 Å². The molecule has 0 atom stereocenters. The van der Waals surface area contributed by atoms with E-state index in [0.717, 1.165) is 58.0 Å². The number of amides is 2. The molecule has 4 aromatic carbocycles. The molecule has 36 heavy (non-hydrogen) atoms. The molecule has 0 aliphatic carbocycles. The predicted molar refractivity (Wildman–Crippen MR) is 148 cm³/mol. The zero-order valence-corrected chi connectivity index (χ0v) is 20.2. The van der Waals surface area contributed by atoms with Crippen LogP contribution in [0.15, 0.2) is 72.8 Å². The molecular formula is C31H29N3O2. The summed E-state index contributed by atoms with van der Waals surface area (Å²) in [6.45, 7) is 2.95. The topological polar surface area (TPSA) is 61.4 Å². The largest absolute Gasteiger partial charge is 0.326 e. The lowest BCUT2D eigenvalue weighted by molar-refractivity contribution is -0.116. The van der Waals surface area contributed by atoms with Gasteiger partial charge in [-0.2, -0.15) is 0 Å². The fraction of sp³-hybridized carbons (Fsp3) is 0.226. The van der Waals surface area contributed by atoms with Crippen molar-refractivity contribution < 1.29 is 9.59 Å². The van der Waals surface area contributed by atoms with Crippen LogP contribution in [0.2, 0.25) is 0 Å². The summed E-state index contributed by atoms with van der Waals surface area (Å²) in [7, 11) is 0. The smallest absolute Gasteiger partial charge is 0.256 e. The molecule has 1 saturated heterocycles. The van der Waals surface area contributed by atoms with Crippen LogP contribution in [0.25, 0.3) is 33.2 Å². The van der Waals surface area contributed by atoms with Crippen molar-refractivity contribution >= 4 is 56.4 Å². The summed E-state index contributed by atoms with van der Waals surface area (Å²) in [5.41, 5.74) is 3.92. The highest BCUT2D eigenvalue weighted by molar-refractivity contribution is 6.36. The average Bonchev–Trinajstić information content (AvgIpc) is 3.22. The molecule has 2 N–H and O–H groups in total. The second kappa shape index (κ2) is 9.59. The van der Waals surface area contributed by atoms with E-state index in [2.05, 4.69) is 45.9 Å². The van der Waals surface area contributed by atoms with Gasteiger partial charge in [0, 0.05) is 35.5 Å². The summed E-state index contributed by atoms with van der Waals surface area (Å²) in [6.07, 6.45) is 6.19. The Kier molecular flexibility index (Phi) is 5.99. The van der Waals surface area contributed by atoms with Gasteiger partial charge in [0.15, 0.2) is 0 Å². The maximum atomic E-state index is 13.0. The fourth-order valence-electron chi connectivity index (χ4n) is 5.42. The molecule has 2 aliphatic heterocycles. The van der Waals surface area contributed by atoms with Crippen LogP contribution >= 0.6 is 0 Å². The Morgan fingerprint density at radius 2 is 1.58 bits per heavy atom. The molecule has 2 aliphatic rings. The van der Waals surface area contributed by atoms with Crippen LogP contribution in [-0.4, -0.2) is 36.3 Å². The van der Waals surface area contributed by atoms with E-state index in [9.17, 15) is 9.59 Å². The number of likely N-dealkylation sites (tertiary alicyclic amines) is 1. The Morgan fingerprint density at radius 1 is 0.889 bits per heavy atom. The number of hydrogen-bond donors (Lipinski definition) is 2. The fourth-order valence-corrected chi connectivity index (χ4v) is 5.42. The Labute approximate surface area is 210 Å². The highest BCUT2D eigenvalue weighted by Gasteiger charge is 2.25. The molecule has 5 nitrogen and oxygen atoms in total. The van der Waals surface area contributed by atoms with Crippen molar-refractivity contribution in [3.63, 3.8) is 0 Å². The first-order valence-corrected chi connectivity index (χ1v) is 12.8. The highest BCUT2D eigenvalue weighted by atomic mass is 16.2. The van der Waals surface area contributed by atoms with Gasteiger partial charge in [-0.05, 0) is 83.4 Å². The Morgan fingerprint density at radius 3 is 2.31 bits per heavy atom. The van der Waals surface area contributed by atoms with Gasteiger partial charge in [0.1, 0.15) is 0 Å². The van der Waals surface area contributed by atoms with Gasteiger partial charge in [-0.1, -0.05) is 55.0 Å². The summed E-state index contributed by atoms with van der Waals surface area (Å²) >= 11 is 0. The number of hydrogen-bond acceptors (Lipinski definition) is 3. The normalized spacial score (nSPS) is 16.9. The number of fused-ring (bicyclic) bond motifs is 3. The molecule has 1 fully saturated rings. The first-order chi connectivity index (χ1) is 17.7. The van der Waals surface area contributed by atoms with Crippen LogP contribution in [0, 0.1) is 0 Å². The van der Waals surface area contributed by atoms with E-state index in [4.69, 9.17) is 0 Å². The summed E-state index contributed by atoms with van der Waals surface area (Å²) in [5.74, 6) is -0.126. The number of rotatable bonds is 5. The van der Waals surface area contributed by atoms with Crippen LogP contribution in [0.3, 0.4) is 0 Å². The van der Waals surface area contributed by atoms with Crippen LogP contribution in [0.1, 0.15) is 36.8 Å². The SMILES string of the molecule is O=C(CCN1CCCCC1)Nc1ccc2c(c1)/C(=C\c1c3ccccc3cc3ccccc13)C(=O)N2. The maximum Gasteiger partial charge on any atom is 0.256 e. The van der Waals surface area contributed by atoms with Gasteiger partial charge in [0.25, 0.3) is 5.91 Å². The number of anilines is 2. The summed E-state index contributed by atoms with van der Waals surface area (Å²) < 4.78 is 0. The molecule has 0 saturated carbocycles. The molecular weight excluding hydrogens is 446 g/mol. The van der Waals surface area contributed by atoms with Crippen LogP contribution in [0.5, 0.6) is 0 Å². The lowest BCUT2D eigenvalue weighted by Gasteiger charge is -2.25. The van der Waals surface area contributed by atoms with Gasteiger partial charge in [0.05, 0.1) is 0 Å². The monoisotopic (exact) mass is 475 g/mol. The molecule has 0 spiro atoms. The van der Waals surface area contributed by atoms with Crippen LogP contribution in [0.4, 0.5) is 11.4 Å². The third-order valence-corrected chi connectivity index (χ3v) is 7.29. The average molecular weight is 476 g/mol. The summed E-state index contributed by atoms with van der Waals surface area (Å²) in [6, 6.07) is 24.3. The Hall–Kier alpha value is -3.96. The number of piperidine rings is 1. The molecule has 0 radical (unpaired) electrons. The van der Waals surface area contributed by atoms with E-state index in [0.29, 0.717) is 17.7 Å². The quantitative estimate of drug-likeness (QED) is 0.263. The molecule has 2 amide bonds. The van der Waals surface area contributed by atoms with Crippen molar-refractivity contribution in [2.75, 3.05) is 30.3 Å². The third kappa shape index (κ3) is 4.38. The minimum atomic E-state index is -0.129. The molecule has 180 valence electrons. The first kappa shape index (κ1) is 22.5. The van der Waals surface area contributed by atoms with Crippen molar-refractivity contribution in [3.8, 4) is 0 Å². The van der Waals surface area contributed by atoms with Gasteiger partial charge in [0.2, 0.25) is 5.91 Å². The van der Waals surface area contributed by atoms with E-state index in [1.165, 1.54) is 19.3 Å². The number of carbonyl (C=O) groups is 2. The van der Waals surface area contributed by atoms with Crippen molar-refractivity contribution in [1.82, 2.24) is 4.90 Å². The molecule has 6 rings (SSSR count). The standard InChI is InChI=1S/C31H29N3O2/c35-30(14-17-34-15-6-1-7-16-34)32-23-12-13-29-27(19-23)28(31(36)33-29)20-26-24-10-4-2-8-21(24)18-22-9-3-5-11-25(22)26/h2-5,8-13,18-20H,1,6-7,14-17H2,(H,32,35)(H,33,36)/b28-20+. The van der Waals surface area contributed by atoms with E-state index in [1.54, 1.807) is 0 Å². The van der Waals surface area contributed by atoms with Gasteiger partial charge < -0.3 is 15.5 Å². The van der Waals surface area contributed by atoms with Crippen molar-refractivity contribution in [1.29, 1.82) is 0 Å². The lowest BCUT2D eigenvalue weighted by Crippen LogP contribution is -2.32. The minimum Gasteiger partial charge on any atom is -0.326 e. The molecule has 4 aromatic rings. The molecule has 2 heterocycles. The second-order valence-corrected chi connectivity index (χ2v) is 9.71. The molecule has 0 bridgehead atoms. The van der Waals surface area contributed by atoms with Gasteiger partial charge in [-0.25, -0.2) is 0 Å². The van der Waals surface area contributed by atoms with E-state index < -0.39 is 0 Å². The van der Waals surface area contributed by atoms with E-state index in [-0.39, 0.29) is 11.8 Å². The number of nitrogens with one attached hydrogen (secondary N) is 2. The molecule has 0 unspecified atom stereocenters. The number of carbonyl (C=O) groups excluding carboxylic acids is 2. The zero-order chi connectivity index (χ0) is 24.5. The third-order valence-electron chi connectivity index (χ3n) is 7.29. The summed E-state index contributed by atoms with van der Waals surface area (Å²) in [5, 5.41) is 10.5. The van der Waals surface area contributed by atoms with E-state index in [1.807, 2.05) is 48.5 Å². The minimum absolute atomic E-state index is 0.00313. The Bertz CT molecular complexity index is 1460. The van der Waals surface area contributed by atoms with Crippen molar-refractivity contribution in [2.45, 2.75) is 25.7 Å². The van der Waals surface area contributed by atoms with Crippen molar-refractivity contribution in [3.05, 3.63) is 83.9 Å². The van der Waals surface area contributed by atoms with Crippen molar-refractivity contribution in [2.24, 2.45) is 0 Å². The lowest BCUT2D eigenvalue weighted by atomic mass is 9.94. The summed E-state index contributed by atoms with van der Waals surface area (Å²) in [4.78, 5) is 28.1. The van der Waals surface area contributed by atoms with Gasteiger partial charge >= 0.3 is 0 Å². The Balaban J connectivity index is 1.32. The number of benzene rings is 4. The van der Waals surface area contributed by atoms with Gasteiger partial charge in [-0.15, -0.1) is 0 Å².